The van der Waals surface area contributed by atoms with Crippen LogP contribution in [0.2, 0.25) is 0 Å². The summed E-state index contributed by atoms with van der Waals surface area (Å²) in [6.07, 6.45) is -3.72. The van der Waals surface area contributed by atoms with Gasteiger partial charge in [0.05, 0.1) is 16.8 Å². The molecular weight excluding hydrogens is 305 g/mol. The van der Waals surface area contributed by atoms with Crippen molar-refractivity contribution in [1.29, 1.82) is 0 Å². The smallest absolute Gasteiger partial charge is 0.417 e. The van der Waals surface area contributed by atoms with Gasteiger partial charge in [-0.3, -0.25) is 0 Å². The maximum Gasteiger partial charge on any atom is 0.417 e. The standard InChI is InChI=1S/C13H9F3N2O2S/c14-13(15,16)7-4-5-10(18-6-7)21-9-3-1-2-8(11(9)17)12(19)20/h1-6H,17H2,(H,19,20). The van der Waals surface area contributed by atoms with Gasteiger partial charge in [-0.1, -0.05) is 17.8 Å². The number of nitrogens with two attached hydrogens (primary N) is 1. The van der Waals surface area contributed by atoms with Crippen LogP contribution in [0.25, 0.3) is 0 Å². The van der Waals surface area contributed by atoms with E-state index < -0.39 is 17.7 Å². The van der Waals surface area contributed by atoms with Gasteiger partial charge in [0.1, 0.15) is 5.03 Å². The third-order valence-electron chi connectivity index (χ3n) is 2.57. The SMILES string of the molecule is Nc1c(Sc2ccc(C(F)(F)F)cn2)cccc1C(=O)O. The summed E-state index contributed by atoms with van der Waals surface area (Å²) in [5, 5.41) is 9.24. The second kappa shape index (κ2) is 5.65. The molecule has 3 N–H and O–H groups in total. The first-order chi connectivity index (χ1) is 9.79. The Morgan fingerprint density at radius 2 is 1.95 bits per heavy atom. The van der Waals surface area contributed by atoms with E-state index in [4.69, 9.17) is 10.8 Å². The summed E-state index contributed by atoms with van der Waals surface area (Å²) in [6.45, 7) is 0. The summed E-state index contributed by atoms with van der Waals surface area (Å²) in [6, 6.07) is 6.55. The summed E-state index contributed by atoms with van der Waals surface area (Å²) >= 11 is 0.998. The highest BCUT2D eigenvalue weighted by atomic mass is 32.2. The average Bonchev–Trinajstić information content (AvgIpc) is 2.40. The van der Waals surface area contributed by atoms with Crippen LogP contribution in [0, 0.1) is 0 Å². The predicted octanol–water partition coefficient (Wildman–Crippen LogP) is 3.53. The summed E-state index contributed by atoms with van der Waals surface area (Å²) in [4.78, 5) is 15.1. The maximum absolute atomic E-state index is 12.4. The number of rotatable bonds is 3. The molecule has 8 heteroatoms. The molecule has 1 aromatic heterocycles. The van der Waals surface area contributed by atoms with Crippen molar-refractivity contribution < 1.29 is 23.1 Å². The fourth-order valence-corrected chi connectivity index (χ4v) is 2.37. The van der Waals surface area contributed by atoms with Crippen molar-refractivity contribution in [3.63, 3.8) is 0 Å². The molecule has 2 aromatic rings. The molecule has 0 atom stereocenters. The van der Waals surface area contributed by atoms with E-state index in [0.717, 1.165) is 24.0 Å². The van der Waals surface area contributed by atoms with Crippen molar-refractivity contribution in [3.8, 4) is 0 Å². The number of aromatic nitrogens is 1. The first-order valence-corrected chi connectivity index (χ1v) is 6.43. The zero-order chi connectivity index (χ0) is 15.6. The van der Waals surface area contributed by atoms with Crippen LogP contribution in [-0.4, -0.2) is 16.1 Å². The zero-order valence-electron chi connectivity index (χ0n) is 10.4. The van der Waals surface area contributed by atoms with Gasteiger partial charge in [0, 0.05) is 11.1 Å². The van der Waals surface area contributed by atoms with Crippen LogP contribution < -0.4 is 5.73 Å². The molecule has 0 aliphatic heterocycles. The number of carboxylic acids is 1. The van der Waals surface area contributed by atoms with Crippen molar-refractivity contribution in [3.05, 3.63) is 47.7 Å². The topological polar surface area (TPSA) is 76.2 Å². The van der Waals surface area contributed by atoms with Gasteiger partial charge in [0.2, 0.25) is 0 Å². The number of carbonyl (C=O) groups is 1. The molecule has 0 aliphatic carbocycles. The summed E-state index contributed by atoms with van der Waals surface area (Å²) in [7, 11) is 0. The molecule has 0 radical (unpaired) electrons. The monoisotopic (exact) mass is 314 g/mol. The molecule has 0 amide bonds. The number of hydrogen-bond donors (Lipinski definition) is 2. The number of para-hydroxylation sites is 1. The average molecular weight is 314 g/mol. The quantitative estimate of drug-likeness (QED) is 0.848. The van der Waals surface area contributed by atoms with Crippen molar-refractivity contribution in [2.75, 3.05) is 5.73 Å². The first kappa shape index (κ1) is 15.2. The van der Waals surface area contributed by atoms with Crippen molar-refractivity contribution in [1.82, 2.24) is 4.98 Å². The lowest BCUT2D eigenvalue weighted by Gasteiger charge is -2.09. The Balaban J connectivity index is 2.27. The van der Waals surface area contributed by atoms with E-state index in [9.17, 15) is 18.0 Å². The number of aromatic carboxylic acids is 1. The first-order valence-electron chi connectivity index (χ1n) is 5.62. The lowest BCUT2D eigenvalue weighted by atomic mass is 10.2. The van der Waals surface area contributed by atoms with Crippen LogP contribution in [-0.2, 0) is 6.18 Å². The number of anilines is 1. The Morgan fingerprint density at radius 1 is 1.24 bits per heavy atom. The molecule has 0 saturated carbocycles. The molecule has 21 heavy (non-hydrogen) atoms. The highest BCUT2D eigenvalue weighted by molar-refractivity contribution is 7.99. The van der Waals surface area contributed by atoms with E-state index in [0.29, 0.717) is 4.90 Å². The fraction of sp³-hybridized carbons (Fsp3) is 0.0769. The molecule has 0 saturated heterocycles. The van der Waals surface area contributed by atoms with Crippen LogP contribution in [0.3, 0.4) is 0 Å². The number of halogens is 3. The zero-order valence-corrected chi connectivity index (χ0v) is 11.2. The number of alkyl halides is 3. The van der Waals surface area contributed by atoms with Gasteiger partial charge < -0.3 is 10.8 Å². The lowest BCUT2D eigenvalue weighted by molar-refractivity contribution is -0.137. The Kier molecular flexibility index (Phi) is 4.08. The summed E-state index contributed by atoms with van der Waals surface area (Å²) in [5.74, 6) is -1.17. The third-order valence-corrected chi connectivity index (χ3v) is 3.60. The van der Waals surface area contributed by atoms with E-state index in [1.54, 1.807) is 6.07 Å². The Morgan fingerprint density at radius 3 is 2.48 bits per heavy atom. The molecule has 4 nitrogen and oxygen atoms in total. The number of hydrogen-bond acceptors (Lipinski definition) is 4. The van der Waals surface area contributed by atoms with Gasteiger partial charge in [0.25, 0.3) is 0 Å². The van der Waals surface area contributed by atoms with Gasteiger partial charge in [0.15, 0.2) is 0 Å². The molecule has 2 rings (SSSR count). The van der Waals surface area contributed by atoms with E-state index in [2.05, 4.69) is 4.98 Å². The highest BCUT2D eigenvalue weighted by Gasteiger charge is 2.30. The minimum Gasteiger partial charge on any atom is -0.478 e. The van der Waals surface area contributed by atoms with Gasteiger partial charge >= 0.3 is 12.1 Å². The largest absolute Gasteiger partial charge is 0.478 e. The number of nitrogen functional groups attached to an aromatic ring is 1. The third kappa shape index (κ3) is 3.46. The van der Waals surface area contributed by atoms with Gasteiger partial charge in [-0.15, -0.1) is 0 Å². The molecule has 1 heterocycles. The number of carboxylic acid groups (broad SMARTS) is 1. The maximum atomic E-state index is 12.4. The van der Waals surface area contributed by atoms with Gasteiger partial charge in [-0.05, 0) is 24.3 Å². The van der Waals surface area contributed by atoms with E-state index in [-0.39, 0.29) is 16.3 Å². The fourth-order valence-electron chi connectivity index (χ4n) is 1.54. The summed E-state index contributed by atoms with van der Waals surface area (Å²) < 4.78 is 37.3. The molecular formula is C13H9F3N2O2S. The van der Waals surface area contributed by atoms with E-state index in [1.165, 1.54) is 18.2 Å². The molecule has 0 bridgehead atoms. The number of pyridine rings is 1. The Labute approximate surface area is 121 Å². The molecule has 0 fully saturated rings. The Bertz CT molecular complexity index is 672. The van der Waals surface area contributed by atoms with Crippen LogP contribution in [0.5, 0.6) is 0 Å². The highest BCUT2D eigenvalue weighted by Crippen LogP contribution is 2.34. The summed E-state index contributed by atoms with van der Waals surface area (Å²) in [5.41, 5.74) is 4.86. The minimum atomic E-state index is -4.45. The molecule has 0 unspecified atom stereocenters. The van der Waals surface area contributed by atoms with Crippen LogP contribution in [0.4, 0.5) is 18.9 Å². The van der Waals surface area contributed by atoms with E-state index in [1.807, 2.05) is 0 Å². The van der Waals surface area contributed by atoms with Crippen LogP contribution in [0.15, 0.2) is 46.5 Å². The van der Waals surface area contributed by atoms with Crippen LogP contribution in [0.1, 0.15) is 15.9 Å². The second-order valence-electron chi connectivity index (χ2n) is 4.01. The molecule has 110 valence electrons. The van der Waals surface area contributed by atoms with Crippen LogP contribution >= 0.6 is 11.8 Å². The van der Waals surface area contributed by atoms with Gasteiger partial charge in [-0.25, -0.2) is 9.78 Å². The predicted molar refractivity (Wildman–Crippen MR) is 71.2 cm³/mol. The van der Waals surface area contributed by atoms with Crippen molar-refractivity contribution >= 4 is 23.4 Å². The molecule has 0 spiro atoms. The second-order valence-corrected chi connectivity index (χ2v) is 5.07. The molecule has 0 aliphatic rings. The van der Waals surface area contributed by atoms with Gasteiger partial charge in [-0.2, -0.15) is 13.2 Å². The minimum absolute atomic E-state index is 0.0525. The lowest BCUT2D eigenvalue weighted by Crippen LogP contribution is -2.05. The normalized spacial score (nSPS) is 11.4. The number of benzene rings is 1. The van der Waals surface area contributed by atoms with Crippen molar-refractivity contribution in [2.45, 2.75) is 16.1 Å². The Hall–Kier alpha value is -2.22. The number of nitrogens with zero attached hydrogens (tertiary/aromatic N) is 1. The molecule has 1 aromatic carbocycles. The van der Waals surface area contributed by atoms with Crippen molar-refractivity contribution in [2.24, 2.45) is 0 Å². The van der Waals surface area contributed by atoms with E-state index >= 15 is 0 Å².